The Balaban J connectivity index is 0.000000637. The number of fused-ring (bicyclic) bond motifs is 2. The number of carbonyl (C=O) groups excluding carboxylic acids is 2. The summed E-state index contributed by atoms with van der Waals surface area (Å²) in [5.74, 6) is -0.104. The average Bonchev–Trinajstić information content (AvgIpc) is 2.47. The number of rotatable bonds is 0. The maximum atomic E-state index is 12.3. The number of alkyl halides is 1. The average molecular weight is 273 g/mol. The van der Waals surface area contributed by atoms with Gasteiger partial charge >= 0.3 is 0 Å². The van der Waals surface area contributed by atoms with Gasteiger partial charge in [0.25, 0.3) is 0 Å². The van der Waals surface area contributed by atoms with Crippen molar-refractivity contribution in [3.63, 3.8) is 0 Å². The molecule has 0 atom stereocenters. The lowest BCUT2D eigenvalue weighted by molar-refractivity contribution is 0.0978. The van der Waals surface area contributed by atoms with Crippen LogP contribution in [0.15, 0.2) is 42.5 Å². The first-order valence-corrected chi connectivity index (χ1v) is 6.61. The zero-order valence-electron chi connectivity index (χ0n) is 10.7. The molecule has 1 aliphatic carbocycles. The summed E-state index contributed by atoms with van der Waals surface area (Å²) >= 11 is 4.64. The first-order valence-electron chi connectivity index (χ1n) is 5.86. The normalized spacial score (nSPS) is 12.2. The molecule has 0 fully saturated rings. The van der Waals surface area contributed by atoms with Gasteiger partial charge in [0, 0.05) is 28.6 Å². The highest BCUT2D eigenvalue weighted by atomic mass is 35.5. The third-order valence-corrected chi connectivity index (χ3v) is 3.16. The maximum Gasteiger partial charge on any atom is 0.194 e. The van der Waals surface area contributed by atoms with Crippen LogP contribution in [0.5, 0.6) is 0 Å². The lowest BCUT2D eigenvalue weighted by Gasteiger charge is -2.18. The first-order chi connectivity index (χ1) is 9.20. The molecule has 2 aromatic carbocycles. The van der Waals surface area contributed by atoms with Crippen LogP contribution >= 0.6 is 11.6 Å². The van der Waals surface area contributed by atoms with Crippen LogP contribution in [0.2, 0.25) is 0 Å². The summed E-state index contributed by atoms with van der Waals surface area (Å²) in [5, 5.41) is 0. The van der Waals surface area contributed by atoms with E-state index < -0.39 is 0 Å². The van der Waals surface area contributed by atoms with E-state index in [0.717, 1.165) is 5.56 Å². The SMILES string of the molecule is CCl.Cc1cccc2c1C(=O)c1ccccc1C2=O. The predicted octanol–water partition coefficient (Wildman–Crippen LogP) is 3.63. The van der Waals surface area contributed by atoms with Crippen LogP contribution in [0.25, 0.3) is 0 Å². The van der Waals surface area contributed by atoms with E-state index in [0.29, 0.717) is 22.3 Å². The van der Waals surface area contributed by atoms with Crippen molar-refractivity contribution in [3.05, 3.63) is 70.3 Å². The van der Waals surface area contributed by atoms with E-state index in [4.69, 9.17) is 0 Å². The Morgan fingerprint density at radius 2 is 1.26 bits per heavy atom. The Kier molecular flexibility index (Phi) is 3.82. The predicted molar refractivity (Wildman–Crippen MR) is 76.3 cm³/mol. The van der Waals surface area contributed by atoms with Gasteiger partial charge in [0.05, 0.1) is 0 Å². The summed E-state index contributed by atoms with van der Waals surface area (Å²) in [5.41, 5.74) is 2.95. The van der Waals surface area contributed by atoms with Gasteiger partial charge in [-0.05, 0) is 12.5 Å². The topological polar surface area (TPSA) is 34.1 Å². The maximum absolute atomic E-state index is 12.3. The Labute approximate surface area is 117 Å². The van der Waals surface area contributed by atoms with Crippen LogP contribution in [0, 0.1) is 6.92 Å². The van der Waals surface area contributed by atoms with E-state index in [1.54, 1.807) is 30.3 Å². The zero-order chi connectivity index (χ0) is 14.0. The van der Waals surface area contributed by atoms with Gasteiger partial charge in [0.2, 0.25) is 0 Å². The molecular formula is C16H13ClO2. The number of benzene rings is 2. The van der Waals surface area contributed by atoms with E-state index >= 15 is 0 Å². The highest BCUT2D eigenvalue weighted by molar-refractivity contribution is 6.28. The number of ketones is 2. The number of hydrogen-bond donors (Lipinski definition) is 0. The van der Waals surface area contributed by atoms with Gasteiger partial charge in [-0.25, -0.2) is 0 Å². The summed E-state index contributed by atoms with van der Waals surface area (Å²) in [6.45, 7) is 1.86. The van der Waals surface area contributed by atoms with Crippen LogP contribution in [-0.2, 0) is 0 Å². The quantitative estimate of drug-likeness (QED) is 0.586. The Bertz CT molecular complexity index is 660. The fourth-order valence-corrected chi connectivity index (χ4v) is 2.32. The molecule has 0 heterocycles. The molecule has 2 nitrogen and oxygen atoms in total. The Morgan fingerprint density at radius 1 is 0.737 bits per heavy atom. The number of halogens is 1. The van der Waals surface area contributed by atoms with E-state index in [9.17, 15) is 9.59 Å². The fourth-order valence-electron chi connectivity index (χ4n) is 2.32. The molecule has 0 aromatic heterocycles. The molecule has 0 saturated heterocycles. The molecular weight excluding hydrogens is 260 g/mol. The second kappa shape index (κ2) is 5.37. The highest BCUT2D eigenvalue weighted by Gasteiger charge is 2.29. The third-order valence-electron chi connectivity index (χ3n) is 3.16. The lowest BCUT2D eigenvalue weighted by atomic mass is 9.82. The molecule has 19 heavy (non-hydrogen) atoms. The van der Waals surface area contributed by atoms with Crippen LogP contribution in [0.4, 0.5) is 0 Å². The monoisotopic (exact) mass is 272 g/mol. The van der Waals surface area contributed by atoms with Crippen molar-refractivity contribution in [3.8, 4) is 0 Å². The van der Waals surface area contributed by atoms with Gasteiger partial charge in [-0.3, -0.25) is 9.59 Å². The first kappa shape index (κ1) is 13.5. The molecule has 0 N–H and O–H groups in total. The minimum Gasteiger partial charge on any atom is -0.289 e. The van der Waals surface area contributed by atoms with E-state index in [2.05, 4.69) is 11.6 Å². The van der Waals surface area contributed by atoms with Gasteiger partial charge < -0.3 is 0 Å². The van der Waals surface area contributed by atoms with E-state index in [1.807, 2.05) is 19.1 Å². The molecule has 0 radical (unpaired) electrons. The summed E-state index contributed by atoms with van der Waals surface area (Å²) in [6, 6.07) is 12.4. The summed E-state index contributed by atoms with van der Waals surface area (Å²) < 4.78 is 0. The Morgan fingerprint density at radius 3 is 1.89 bits per heavy atom. The number of hydrogen-bond acceptors (Lipinski definition) is 2. The molecule has 3 heteroatoms. The van der Waals surface area contributed by atoms with Crippen molar-refractivity contribution in [2.75, 3.05) is 6.38 Å². The molecule has 0 aliphatic heterocycles. The summed E-state index contributed by atoms with van der Waals surface area (Å²) in [7, 11) is 0. The smallest absolute Gasteiger partial charge is 0.194 e. The zero-order valence-corrected chi connectivity index (χ0v) is 11.5. The third kappa shape index (κ3) is 2.08. The van der Waals surface area contributed by atoms with Crippen molar-refractivity contribution in [1.82, 2.24) is 0 Å². The molecule has 3 rings (SSSR count). The molecule has 0 amide bonds. The van der Waals surface area contributed by atoms with Gasteiger partial charge in [-0.2, -0.15) is 0 Å². The fraction of sp³-hybridized carbons (Fsp3) is 0.125. The summed E-state index contributed by atoms with van der Waals surface area (Å²) in [4.78, 5) is 24.6. The van der Waals surface area contributed by atoms with Crippen LogP contribution in [0.3, 0.4) is 0 Å². The molecule has 1 aliphatic rings. The van der Waals surface area contributed by atoms with E-state index in [-0.39, 0.29) is 11.6 Å². The number of carbonyl (C=O) groups is 2. The van der Waals surface area contributed by atoms with Crippen LogP contribution < -0.4 is 0 Å². The minimum atomic E-state index is -0.0566. The molecule has 2 aromatic rings. The summed E-state index contributed by atoms with van der Waals surface area (Å²) in [6.07, 6.45) is 1.47. The van der Waals surface area contributed by atoms with Crippen molar-refractivity contribution < 1.29 is 9.59 Å². The second-order valence-electron chi connectivity index (χ2n) is 4.20. The Hall–Kier alpha value is -1.93. The number of aryl methyl sites for hydroxylation is 1. The molecule has 0 saturated carbocycles. The van der Waals surface area contributed by atoms with Crippen molar-refractivity contribution in [1.29, 1.82) is 0 Å². The van der Waals surface area contributed by atoms with Crippen LogP contribution in [-0.4, -0.2) is 17.9 Å². The minimum absolute atomic E-state index is 0.0479. The standard InChI is InChI=1S/C15H10O2.CH3Cl/c1-9-5-4-8-12-13(9)15(17)11-7-3-2-6-10(11)14(12)16;1-2/h2-8H,1H3;1H3. The van der Waals surface area contributed by atoms with Gasteiger partial charge in [-0.15, -0.1) is 11.6 Å². The van der Waals surface area contributed by atoms with Crippen molar-refractivity contribution in [2.24, 2.45) is 0 Å². The molecule has 0 unspecified atom stereocenters. The van der Waals surface area contributed by atoms with Gasteiger partial charge in [-0.1, -0.05) is 42.5 Å². The van der Waals surface area contributed by atoms with Crippen molar-refractivity contribution >= 4 is 23.2 Å². The highest BCUT2D eigenvalue weighted by Crippen LogP contribution is 2.28. The second-order valence-corrected chi connectivity index (χ2v) is 4.20. The van der Waals surface area contributed by atoms with Gasteiger partial charge in [0.1, 0.15) is 0 Å². The molecule has 96 valence electrons. The van der Waals surface area contributed by atoms with E-state index in [1.165, 1.54) is 6.38 Å². The van der Waals surface area contributed by atoms with Gasteiger partial charge in [0.15, 0.2) is 11.6 Å². The van der Waals surface area contributed by atoms with Crippen molar-refractivity contribution in [2.45, 2.75) is 6.92 Å². The van der Waals surface area contributed by atoms with Crippen LogP contribution in [0.1, 0.15) is 37.4 Å². The molecule has 0 spiro atoms. The molecule has 0 bridgehead atoms. The largest absolute Gasteiger partial charge is 0.289 e. The lowest BCUT2D eigenvalue weighted by Crippen LogP contribution is -2.21.